The summed E-state index contributed by atoms with van der Waals surface area (Å²) in [6.07, 6.45) is 3.62. The number of carbonyl (C=O) groups is 1. The predicted molar refractivity (Wildman–Crippen MR) is 108 cm³/mol. The molecule has 0 unspecified atom stereocenters. The van der Waals surface area contributed by atoms with Crippen LogP contribution < -0.4 is 0 Å². The zero-order chi connectivity index (χ0) is 18.4. The monoisotopic (exact) mass is 351 g/mol. The van der Waals surface area contributed by atoms with Gasteiger partial charge in [-0.25, -0.2) is 4.98 Å². The van der Waals surface area contributed by atoms with Crippen LogP contribution in [0.3, 0.4) is 0 Å². The van der Waals surface area contributed by atoms with Gasteiger partial charge in [0.25, 0.3) is 0 Å². The van der Waals surface area contributed by atoms with Crippen molar-refractivity contribution in [3.8, 4) is 5.69 Å². The fourth-order valence-corrected chi connectivity index (χ4v) is 3.52. The maximum atomic E-state index is 12.9. The highest BCUT2D eigenvalue weighted by Crippen LogP contribution is 2.26. The summed E-state index contributed by atoms with van der Waals surface area (Å²) in [6.45, 7) is 2.06. The summed E-state index contributed by atoms with van der Waals surface area (Å²) in [5.41, 5.74) is 6.49. The van der Waals surface area contributed by atoms with Crippen molar-refractivity contribution in [3.63, 3.8) is 0 Å². The number of nitrogens with zero attached hydrogens (tertiary/aromatic N) is 2. The first-order chi connectivity index (χ1) is 13.2. The second kappa shape index (κ2) is 5.95. The van der Waals surface area contributed by atoms with E-state index in [4.69, 9.17) is 0 Å². The van der Waals surface area contributed by atoms with Crippen LogP contribution in [-0.2, 0) is 0 Å². The summed E-state index contributed by atoms with van der Waals surface area (Å²) in [6, 6.07) is 21.7. The largest absolute Gasteiger partial charge is 0.360 e. The van der Waals surface area contributed by atoms with Crippen molar-refractivity contribution >= 4 is 27.7 Å². The molecule has 1 N–H and O–H groups in total. The first kappa shape index (κ1) is 15.6. The van der Waals surface area contributed by atoms with Crippen LogP contribution in [0.15, 0.2) is 79.3 Å². The van der Waals surface area contributed by atoms with Gasteiger partial charge >= 0.3 is 0 Å². The second-order valence-electron chi connectivity index (χ2n) is 6.73. The Morgan fingerprint density at radius 1 is 1.00 bits per heavy atom. The van der Waals surface area contributed by atoms with E-state index in [1.165, 1.54) is 5.56 Å². The topological polar surface area (TPSA) is 50.7 Å². The Labute approximate surface area is 156 Å². The van der Waals surface area contributed by atoms with Gasteiger partial charge in [0.2, 0.25) is 0 Å². The molecule has 5 rings (SSSR count). The third-order valence-electron chi connectivity index (χ3n) is 4.93. The number of rotatable bonds is 3. The molecule has 130 valence electrons. The van der Waals surface area contributed by atoms with Crippen molar-refractivity contribution < 1.29 is 4.79 Å². The van der Waals surface area contributed by atoms with E-state index in [1.54, 1.807) is 6.20 Å². The van der Waals surface area contributed by atoms with Gasteiger partial charge in [-0.1, -0.05) is 36.4 Å². The van der Waals surface area contributed by atoms with E-state index in [1.807, 2.05) is 54.9 Å². The van der Waals surface area contributed by atoms with Crippen LogP contribution in [0.2, 0.25) is 0 Å². The van der Waals surface area contributed by atoms with Gasteiger partial charge < -0.3 is 4.98 Å². The molecule has 0 spiro atoms. The molecule has 4 heteroatoms. The lowest BCUT2D eigenvalue weighted by atomic mass is 10.0. The highest BCUT2D eigenvalue weighted by molar-refractivity contribution is 6.16. The van der Waals surface area contributed by atoms with Crippen LogP contribution in [0.5, 0.6) is 0 Å². The smallest absolute Gasteiger partial charge is 0.195 e. The molecule has 2 heterocycles. The lowest BCUT2D eigenvalue weighted by Gasteiger charge is -2.06. The van der Waals surface area contributed by atoms with E-state index in [9.17, 15) is 4.79 Å². The summed E-state index contributed by atoms with van der Waals surface area (Å²) < 4.78 is 2.05. The van der Waals surface area contributed by atoms with Crippen LogP contribution in [0.1, 0.15) is 21.5 Å². The van der Waals surface area contributed by atoms with Crippen molar-refractivity contribution in [2.75, 3.05) is 0 Å². The highest BCUT2D eigenvalue weighted by atomic mass is 16.1. The normalized spacial score (nSPS) is 11.3. The zero-order valence-electron chi connectivity index (χ0n) is 14.8. The molecular weight excluding hydrogens is 334 g/mol. The van der Waals surface area contributed by atoms with Gasteiger partial charge in [-0.05, 0) is 42.8 Å². The van der Waals surface area contributed by atoms with Crippen molar-refractivity contribution in [2.24, 2.45) is 0 Å². The summed E-state index contributed by atoms with van der Waals surface area (Å²) in [4.78, 5) is 20.7. The van der Waals surface area contributed by atoms with Gasteiger partial charge in [-0.15, -0.1) is 0 Å². The zero-order valence-corrected chi connectivity index (χ0v) is 14.8. The molecule has 2 aromatic heterocycles. The molecule has 4 nitrogen and oxygen atoms in total. The van der Waals surface area contributed by atoms with Crippen molar-refractivity contribution in [3.05, 3.63) is 95.9 Å². The minimum atomic E-state index is 0.0186. The fourth-order valence-electron chi connectivity index (χ4n) is 3.52. The number of ketones is 1. The number of benzene rings is 3. The number of carbonyl (C=O) groups excluding carboxylic acids is 1. The lowest BCUT2D eigenvalue weighted by Crippen LogP contribution is -2.00. The lowest BCUT2D eigenvalue weighted by molar-refractivity contribution is 0.104. The first-order valence-corrected chi connectivity index (χ1v) is 8.86. The van der Waals surface area contributed by atoms with E-state index in [0.29, 0.717) is 11.1 Å². The number of imidazole rings is 1. The van der Waals surface area contributed by atoms with Gasteiger partial charge in [0.15, 0.2) is 5.78 Å². The van der Waals surface area contributed by atoms with E-state index in [2.05, 4.69) is 39.7 Å². The Morgan fingerprint density at radius 2 is 1.85 bits per heavy atom. The minimum absolute atomic E-state index is 0.0186. The number of hydrogen-bond acceptors (Lipinski definition) is 2. The molecule has 0 bridgehead atoms. The number of H-pyrrole nitrogens is 1. The van der Waals surface area contributed by atoms with Gasteiger partial charge in [0.1, 0.15) is 6.33 Å². The summed E-state index contributed by atoms with van der Waals surface area (Å²) in [5, 5.41) is 0.912. The first-order valence-electron chi connectivity index (χ1n) is 8.86. The molecule has 0 aliphatic rings. The molecular formula is C23H17N3O. The molecule has 0 fully saturated rings. The third-order valence-corrected chi connectivity index (χ3v) is 4.93. The number of nitrogens with one attached hydrogen (secondary N) is 1. The number of aromatic amines is 1. The number of fused-ring (bicyclic) bond motifs is 2. The number of aromatic nitrogens is 3. The van der Waals surface area contributed by atoms with Crippen molar-refractivity contribution in [1.29, 1.82) is 0 Å². The molecule has 0 saturated heterocycles. The fraction of sp³-hybridized carbons (Fsp3) is 0.0435. The Bertz CT molecular complexity index is 1300. The minimum Gasteiger partial charge on any atom is -0.360 e. The number of aryl methyl sites for hydroxylation is 1. The van der Waals surface area contributed by atoms with Crippen molar-refractivity contribution in [2.45, 2.75) is 6.92 Å². The van der Waals surface area contributed by atoms with E-state index in [-0.39, 0.29) is 5.78 Å². The highest BCUT2D eigenvalue weighted by Gasteiger charge is 2.15. The molecule has 0 radical (unpaired) electrons. The van der Waals surface area contributed by atoms with Gasteiger partial charge in [0.05, 0.1) is 11.0 Å². The van der Waals surface area contributed by atoms with Gasteiger partial charge in [-0.3, -0.25) is 9.36 Å². The van der Waals surface area contributed by atoms with Crippen LogP contribution in [-0.4, -0.2) is 20.3 Å². The second-order valence-corrected chi connectivity index (χ2v) is 6.73. The number of hydrogen-bond donors (Lipinski definition) is 1. The Hall–Kier alpha value is -3.66. The average Bonchev–Trinajstić information content (AvgIpc) is 3.31. The molecule has 0 amide bonds. The Morgan fingerprint density at radius 3 is 2.70 bits per heavy atom. The van der Waals surface area contributed by atoms with E-state index < -0.39 is 0 Å². The third kappa shape index (κ3) is 2.54. The maximum Gasteiger partial charge on any atom is 0.195 e. The molecule has 5 aromatic rings. The van der Waals surface area contributed by atoms with Crippen molar-refractivity contribution in [1.82, 2.24) is 14.5 Å². The van der Waals surface area contributed by atoms with Crippen LogP contribution in [0.4, 0.5) is 0 Å². The molecule has 0 saturated carbocycles. The SMILES string of the molecule is Cc1ccc2c(c1)ncn2-c1ccc2[nH]cc(C(=O)c3ccccc3)c2c1. The Balaban J connectivity index is 1.66. The van der Waals surface area contributed by atoms with Gasteiger partial charge in [0, 0.05) is 33.9 Å². The van der Waals surface area contributed by atoms with E-state index in [0.717, 1.165) is 27.6 Å². The summed E-state index contributed by atoms with van der Waals surface area (Å²) in [5.74, 6) is 0.0186. The molecule has 0 aliphatic carbocycles. The van der Waals surface area contributed by atoms with Crippen LogP contribution in [0, 0.1) is 6.92 Å². The van der Waals surface area contributed by atoms with Crippen LogP contribution in [0.25, 0.3) is 27.6 Å². The molecule has 0 aliphatic heterocycles. The van der Waals surface area contributed by atoms with Gasteiger partial charge in [-0.2, -0.15) is 0 Å². The molecule has 3 aromatic carbocycles. The standard InChI is InChI=1S/C23H17N3O/c1-15-7-10-22-21(11-15)25-14-26(22)17-8-9-20-18(12-17)19(13-24-20)23(27)16-5-3-2-4-6-16/h2-14,24H,1H3. The van der Waals surface area contributed by atoms with Crippen LogP contribution >= 0.6 is 0 Å². The molecule has 0 atom stereocenters. The average molecular weight is 351 g/mol. The summed E-state index contributed by atoms with van der Waals surface area (Å²) >= 11 is 0. The Kier molecular flexibility index (Phi) is 3.44. The summed E-state index contributed by atoms with van der Waals surface area (Å²) in [7, 11) is 0. The van der Waals surface area contributed by atoms with E-state index >= 15 is 0 Å². The maximum absolute atomic E-state index is 12.9. The predicted octanol–water partition coefficient (Wildman–Crippen LogP) is 5.05. The quantitative estimate of drug-likeness (QED) is 0.463. The molecule has 27 heavy (non-hydrogen) atoms.